The van der Waals surface area contributed by atoms with Gasteiger partial charge in [-0.2, -0.15) is 0 Å². The largest absolute Gasteiger partial charge is 0.236 e. The van der Waals surface area contributed by atoms with Crippen LogP contribution in [-0.2, 0) is 5.41 Å². The number of rotatable bonds is 0. The van der Waals surface area contributed by atoms with Gasteiger partial charge in [0.2, 0.25) is 0 Å². The molecular weight excluding hydrogens is 191 g/mol. The monoisotopic (exact) mass is 204 g/mol. The van der Waals surface area contributed by atoms with E-state index in [-0.39, 0.29) is 11.2 Å². The molecule has 15 heavy (non-hydrogen) atoms. The first-order valence-electron chi connectivity index (χ1n) is 4.89. The summed E-state index contributed by atoms with van der Waals surface area (Å²) in [6.45, 7) is 6.22. The first-order chi connectivity index (χ1) is 6.98. The van der Waals surface area contributed by atoms with E-state index in [1.165, 1.54) is 12.3 Å². The summed E-state index contributed by atoms with van der Waals surface area (Å²) >= 11 is 0. The van der Waals surface area contributed by atoms with Crippen LogP contribution in [0.25, 0.3) is 11.0 Å². The van der Waals surface area contributed by atoms with Crippen LogP contribution in [-0.4, -0.2) is 9.97 Å². The third kappa shape index (κ3) is 1.82. The van der Waals surface area contributed by atoms with Crippen molar-refractivity contribution in [2.75, 3.05) is 0 Å². The molecule has 2 aromatic rings. The van der Waals surface area contributed by atoms with Gasteiger partial charge in [-0.1, -0.05) is 20.8 Å². The lowest BCUT2D eigenvalue weighted by Crippen LogP contribution is -2.11. The number of pyridine rings is 2. The van der Waals surface area contributed by atoms with Crippen molar-refractivity contribution in [1.29, 1.82) is 0 Å². The third-order valence-electron chi connectivity index (χ3n) is 2.41. The van der Waals surface area contributed by atoms with E-state index in [0.29, 0.717) is 11.0 Å². The molecule has 78 valence electrons. The average molecular weight is 204 g/mol. The summed E-state index contributed by atoms with van der Waals surface area (Å²) in [5, 5.41) is 0.491. The lowest BCUT2D eigenvalue weighted by molar-refractivity contribution is 0.587. The van der Waals surface area contributed by atoms with Gasteiger partial charge in [-0.05, 0) is 23.1 Å². The van der Waals surface area contributed by atoms with Gasteiger partial charge in [0, 0.05) is 12.4 Å². The Bertz CT molecular complexity index is 500. The SMILES string of the molecule is CC(C)(C)c1cnc2nccc(F)c2c1. The van der Waals surface area contributed by atoms with Gasteiger partial charge in [0.15, 0.2) is 5.65 Å². The Balaban J connectivity index is 2.70. The molecule has 0 unspecified atom stereocenters. The lowest BCUT2D eigenvalue weighted by atomic mass is 9.88. The van der Waals surface area contributed by atoms with Crippen LogP contribution >= 0.6 is 0 Å². The van der Waals surface area contributed by atoms with Gasteiger partial charge in [-0.15, -0.1) is 0 Å². The van der Waals surface area contributed by atoms with Gasteiger partial charge in [-0.3, -0.25) is 0 Å². The molecule has 2 nitrogen and oxygen atoms in total. The van der Waals surface area contributed by atoms with Gasteiger partial charge in [0.25, 0.3) is 0 Å². The molecule has 0 aliphatic heterocycles. The maximum Gasteiger partial charge on any atom is 0.162 e. The summed E-state index contributed by atoms with van der Waals surface area (Å²) in [5.74, 6) is -0.265. The Morgan fingerprint density at radius 1 is 1.20 bits per heavy atom. The minimum atomic E-state index is -0.265. The summed E-state index contributed by atoms with van der Waals surface area (Å²) in [7, 11) is 0. The smallest absolute Gasteiger partial charge is 0.162 e. The van der Waals surface area contributed by atoms with Crippen LogP contribution in [0.5, 0.6) is 0 Å². The maximum atomic E-state index is 13.5. The molecule has 0 spiro atoms. The zero-order valence-electron chi connectivity index (χ0n) is 9.08. The molecule has 0 aliphatic carbocycles. The van der Waals surface area contributed by atoms with Crippen LogP contribution in [0.2, 0.25) is 0 Å². The van der Waals surface area contributed by atoms with E-state index >= 15 is 0 Å². The van der Waals surface area contributed by atoms with E-state index < -0.39 is 0 Å². The second-order valence-corrected chi connectivity index (χ2v) is 4.64. The average Bonchev–Trinajstić information content (AvgIpc) is 2.16. The van der Waals surface area contributed by atoms with E-state index in [4.69, 9.17) is 0 Å². The number of hydrogen-bond acceptors (Lipinski definition) is 2. The number of aromatic nitrogens is 2. The summed E-state index contributed by atoms with van der Waals surface area (Å²) in [5.41, 5.74) is 1.45. The number of halogens is 1. The van der Waals surface area contributed by atoms with Crippen molar-refractivity contribution in [1.82, 2.24) is 9.97 Å². The van der Waals surface area contributed by atoms with Crippen LogP contribution in [0.1, 0.15) is 26.3 Å². The lowest BCUT2D eigenvalue weighted by Gasteiger charge is -2.18. The van der Waals surface area contributed by atoms with Gasteiger partial charge in [0.1, 0.15) is 5.82 Å². The van der Waals surface area contributed by atoms with Crippen molar-refractivity contribution in [3.63, 3.8) is 0 Å². The highest BCUT2D eigenvalue weighted by atomic mass is 19.1. The zero-order valence-corrected chi connectivity index (χ0v) is 9.08. The molecule has 2 aromatic heterocycles. The molecule has 0 radical (unpaired) electrons. The Labute approximate surface area is 88.2 Å². The second kappa shape index (κ2) is 3.26. The molecule has 0 atom stereocenters. The van der Waals surface area contributed by atoms with Gasteiger partial charge < -0.3 is 0 Å². The Hall–Kier alpha value is -1.51. The van der Waals surface area contributed by atoms with Gasteiger partial charge >= 0.3 is 0 Å². The molecule has 0 amide bonds. The minimum absolute atomic E-state index is 0.0243. The van der Waals surface area contributed by atoms with Gasteiger partial charge in [-0.25, -0.2) is 14.4 Å². The van der Waals surface area contributed by atoms with Crippen LogP contribution in [0, 0.1) is 5.82 Å². The van der Waals surface area contributed by atoms with E-state index in [2.05, 4.69) is 30.7 Å². The molecule has 0 saturated heterocycles. The fourth-order valence-corrected chi connectivity index (χ4v) is 1.41. The normalized spacial score (nSPS) is 12.0. The van der Waals surface area contributed by atoms with Crippen molar-refractivity contribution >= 4 is 11.0 Å². The summed E-state index contributed by atoms with van der Waals surface area (Å²) in [6, 6.07) is 3.18. The van der Waals surface area contributed by atoms with Gasteiger partial charge in [0.05, 0.1) is 5.39 Å². The molecule has 2 rings (SSSR count). The van der Waals surface area contributed by atoms with Crippen molar-refractivity contribution < 1.29 is 4.39 Å². The maximum absolute atomic E-state index is 13.5. The molecule has 2 heterocycles. The van der Waals surface area contributed by atoms with Crippen LogP contribution < -0.4 is 0 Å². The first kappa shape index (κ1) is 10.0. The molecular formula is C12H13FN2. The van der Waals surface area contributed by atoms with Crippen molar-refractivity contribution in [2.24, 2.45) is 0 Å². The number of hydrogen-bond donors (Lipinski definition) is 0. The summed E-state index contributed by atoms with van der Waals surface area (Å²) in [4.78, 5) is 8.17. The predicted molar refractivity (Wildman–Crippen MR) is 58.2 cm³/mol. The molecule has 0 aromatic carbocycles. The highest BCUT2D eigenvalue weighted by Crippen LogP contribution is 2.24. The predicted octanol–water partition coefficient (Wildman–Crippen LogP) is 3.07. The molecule has 3 heteroatoms. The topological polar surface area (TPSA) is 25.8 Å². The van der Waals surface area contributed by atoms with Crippen LogP contribution in [0.15, 0.2) is 24.5 Å². The highest BCUT2D eigenvalue weighted by molar-refractivity contribution is 5.75. The second-order valence-electron chi connectivity index (χ2n) is 4.64. The fourth-order valence-electron chi connectivity index (χ4n) is 1.41. The van der Waals surface area contributed by atoms with Crippen molar-refractivity contribution in [3.05, 3.63) is 35.9 Å². The molecule has 0 bridgehead atoms. The standard InChI is InChI=1S/C12H13FN2/c1-12(2,3)8-6-9-10(13)4-5-14-11(9)15-7-8/h4-7H,1-3H3. The molecule has 0 saturated carbocycles. The Morgan fingerprint density at radius 2 is 1.93 bits per heavy atom. The van der Waals surface area contributed by atoms with Crippen LogP contribution in [0.3, 0.4) is 0 Å². The first-order valence-corrected chi connectivity index (χ1v) is 4.89. The highest BCUT2D eigenvalue weighted by Gasteiger charge is 2.15. The molecule has 0 fully saturated rings. The van der Waals surface area contributed by atoms with E-state index in [1.807, 2.05) is 6.07 Å². The van der Waals surface area contributed by atoms with E-state index in [9.17, 15) is 4.39 Å². The summed E-state index contributed by atoms with van der Waals surface area (Å²) in [6.07, 6.45) is 3.19. The quantitative estimate of drug-likeness (QED) is 0.659. The zero-order chi connectivity index (χ0) is 11.1. The summed E-state index contributed by atoms with van der Waals surface area (Å²) < 4.78 is 13.5. The van der Waals surface area contributed by atoms with Crippen molar-refractivity contribution in [2.45, 2.75) is 26.2 Å². The fraction of sp³-hybridized carbons (Fsp3) is 0.333. The Morgan fingerprint density at radius 3 is 2.60 bits per heavy atom. The molecule has 0 aliphatic rings. The van der Waals surface area contributed by atoms with Crippen LogP contribution in [0.4, 0.5) is 4.39 Å². The molecule has 0 N–H and O–H groups in total. The number of nitrogens with zero attached hydrogens (tertiary/aromatic N) is 2. The minimum Gasteiger partial charge on any atom is -0.236 e. The van der Waals surface area contributed by atoms with Crippen molar-refractivity contribution in [3.8, 4) is 0 Å². The van der Waals surface area contributed by atoms with E-state index in [1.54, 1.807) is 6.20 Å². The van der Waals surface area contributed by atoms with E-state index in [0.717, 1.165) is 5.56 Å². The Kier molecular flexibility index (Phi) is 2.18. The third-order valence-corrected chi connectivity index (χ3v) is 2.41. The number of fused-ring (bicyclic) bond motifs is 1.